The van der Waals surface area contributed by atoms with Crippen LogP contribution in [0, 0.1) is 0 Å². The first-order chi connectivity index (χ1) is 5.86. The third-order valence-corrected chi connectivity index (χ3v) is 1.70. The summed E-state index contributed by atoms with van der Waals surface area (Å²) in [7, 11) is 0. The van der Waals surface area contributed by atoms with Crippen molar-refractivity contribution >= 4 is 24.8 Å². The van der Waals surface area contributed by atoms with Crippen LogP contribution in [0.1, 0.15) is 0 Å². The second-order valence-corrected chi connectivity index (χ2v) is 2.70. The number of hydrazine groups is 2. The maximum atomic E-state index is 3.98. The number of anilines is 1. The smallest absolute Gasteiger partial charge is 0.134 e. The number of rotatable bonds is 1. The van der Waals surface area contributed by atoms with E-state index in [0.717, 1.165) is 5.69 Å². The lowest BCUT2D eigenvalue weighted by molar-refractivity contribution is 0.419. The van der Waals surface area contributed by atoms with Crippen molar-refractivity contribution in [3.63, 3.8) is 0 Å². The summed E-state index contributed by atoms with van der Waals surface area (Å²) in [5, 5.41) is 5.65. The van der Waals surface area contributed by atoms with Crippen molar-refractivity contribution in [2.45, 2.75) is 0 Å². The van der Waals surface area contributed by atoms with E-state index < -0.39 is 0 Å². The molecule has 0 aromatic heterocycles. The van der Waals surface area contributed by atoms with Crippen molar-refractivity contribution in [2.24, 2.45) is 5.10 Å². The molecular weight excluding hydrogens is 172 g/mol. The molecule has 0 spiro atoms. The van der Waals surface area contributed by atoms with Gasteiger partial charge in [0, 0.05) is 0 Å². The van der Waals surface area contributed by atoms with Gasteiger partial charge in [0.1, 0.15) is 6.34 Å². The molecule has 1 heterocycles. The Balaban J connectivity index is 2.18. The van der Waals surface area contributed by atoms with Crippen molar-refractivity contribution in [1.82, 2.24) is 10.1 Å². The number of nitrogens with zero attached hydrogens (tertiary/aromatic N) is 3. The zero-order valence-corrected chi connectivity index (χ0v) is 7.15. The molecular formula is C7H8N4S. The number of para-hydroxylation sites is 1. The van der Waals surface area contributed by atoms with Gasteiger partial charge < -0.3 is 0 Å². The number of thiol groups is 1. The highest BCUT2D eigenvalue weighted by atomic mass is 32.1. The van der Waals surface area contributed by atoms with Gasteiger partial charge in [-0.25, -0.2) is 5.01 Å². The van der Waals surface area contributed by atoms with Crippen LogP contribution in [0.4, 0.5) is 5.69 Å². The molecule has 62 valence electrons. The fraction of sp³-hybridized carbons (Fsp3) is 0. The fourth-order valence-electron chi connectivity index (χ4n) is 0.962. The normalized spacial score (nSPS) is 15.8. The molecule has 0 bridgehead atoms. The van der Waals surface area contributed by atoms with Gasteiger partial charge in [0.2, 0.25) is 0 Å². The first-order valence-electron chi connectivity index (χ1n) is 3.50. The van der Waals surface area contributed by atoms with Gasteiger partial charge >= 0.3 is 0 Å². The van der Waals surface area contributed by atoms with Gasteiger partial charge in [-0.1, -0.05) is 18.2 Å². The number of hydrazone groups is 1. The van der Waals surface area contributed by atoms with Crippen LogP contribution >= 0.6 is 12.8 Å². The summed E-state index contributed by atoms with van der Waals surface area (Å²) in [5.41, 5.74) is 3.90. The summed E-state index contributed by atoms with van der Waals surface area (Å²) < 4.78 is 1.34. The quantitative estimate of drug-likeness (QED) is 0.632. The van der Waals surface area contributed by atoms with E-state index in [9.17, 15) is 0 Å². The predicted octanol–water partition coefficient (Wildman–Crippen LogP) is 1.02. The largest absolute Gasteiger partial charge is 0.244 e. The van der Waals surface area contributed by atoms with E-state index in [4.69, 9.17) is 0 Å². The zero-order valence-electron chi connectivity index (χ0n) is 6.25. The lowest BCUT2D eigenvalue weighted by Crippen LogP contribution is -2.36. The molecule has 1 aromatic rings. The van der Waals surface area contributed by atoms with Crippen molar-refractivity contribution < 1.29 is 0 Å². The van der Waals surface area contributed by atoms with Crippen LogP contribution < -0.4 is 10.5 Å². The Bertz CT molecular complexity index is 287. The molecule has 1 aromatic carbocycles. The highest BCUT2D eigenvalue weighted by Crippen LogP contribution is 2.12. The topological polar surface area (TPSA) is 30.9 Å². The Morgan fingerprint density at radius 2 is 2.00 bits per heavy atom. The van der Waals surface area contributed by atoms with E-state index in [2.05, 4.69) is 23.5 Å². The first kappa shape index (κ1) is 7.45. The molecule has 0 amide bonds. The van der Waals surface area contributed by atoms with Gasteiger partial charge in [-0.3, -0.25) is 0 Å². The molecule has 5 heteroatoms. The van der Waals surface area contributed by atoms with Crippen molar-refractivity contribution in [3.8, 4) is 0 Å². The number of benzene rings is 1. The lowest BCUT2D eigenvalue weighted by atomic mass is 10.3. The van der Waals surface area contributed by atoms with E-state index in [1.54, 1.807) is 11.3 Å². The Morgan fingerprint density at radius 1 is 1.25 bits per heavy atom. The van der Waals surface area contributed by atoms with Gasteiger partial charge in [0.25, 0.3) is 0 Å². The second-order valence-electron chi connectivity index (χ2n) is 2.33. The summed E-state index contributed by atoms with van der Waals surface area (Å²) in [4.78, 5) is 0. The Hall–Kier alpha value is -1.20. The summed E-state index contributed by atoms with van der Waals surface area (Å²) in [6.45, 7) is 0. The van der Waals surface area contributed by atoms with Crippen LogP contribution in [0.2, 0.25) is 0 Å². The second kappa shape index (κ2) is 3.04. The third kappa shape index (κ3) is 1.37. The first-order valence-corrected chi connectivity index (χ1v) is 3.90. The van der Waals surface area contributed by atoms with Gasteiger partial charge in [0.05, 0.1) is 5.69 Å². The molecule has 1 aliphatic rings. The van der Waals surface area contributed by atoms with E-state index in [1.165, 1.54) is 4.52 Å². The molecule has 0 saturated heterocycles. The van der Waals surface area contributed by atoms with Crippen molar-refractivity contribution in [2.75, 3.05) is 5.01 Å². The van der Waals surface area contributed by atoms with Gasteiger partial charge in [0.15, 0.2) is 0 Å². The minimum atomic E-state index is 1.03. The molecule has 0 aliphatic carbocycles. The predicted molar refractivity (Wildman–Crippen MR) is 51.4 cm³/mol. The molecule has 4 nitrogen and oxygen atoms in total. The Labute approximate surface area is 76.0 Å². The molecule has 12 heavy (non-hydrogen) atoms. The highest BCUT2D eigenvalue weighted by Gasteiger charge is 2.10. The highest BCUT2D eigenvalue weighted by molar-refractivity contribution is 7.77. The molecule has 1 aliphatic heterocycles. The third-order valence-electron chi connectivity index (χ3n) is 1.51. The average Bonchev–Trinajstić information content (AvgIpc) is 2.54. The summed E-state index contributed by atoms with van der Waals surface area (Å²) in [5.74, 6) is 0. The van der Waals surface area contributed by atoms with E-state index in [0.29, 0.717) is 0 Å². The summed E-state index contributed by atoms with van der Waals surface area (Å²) >= 11 is 3.98. The minimum Gasteiger partial charge on any atom is -0.244 e. The van der Waals surface area contributed by atoms with Crippen LogP contribution in [0.25, 0.3) is 0 Å². The summed E-state index contributed by atoms with van der Waals surface area (Å²) in [6.07, 6.45) is 1.66. The monoisotopic (exact) mass is 180 g/mol. The Kier molecular flexibility index (Phi) is 1.89. The van der Waals surface area contributed by atoms with Crippen LogP contribution in [-0.4, -0.2) is 10.9 Å². The van der Waals surface area contributed by atoms with Gasteiger partial charge in [-0.15, -0.1) is 10.6 Å². The maximum Gasteiger partial charge on any atom is 0.134 e. The maximum absolute atomic E-state index is 3.98. The minimum absolute atomic E-state index is 1.03. The Morgan fingerprint density at radius 3 is 2.58 bits per heavy atom. The number of nitrogens with one attached hydrogen (secondary N) is 1. The summed E-state index contributed by atoms with van der Waals surface area (Å²) in [6, 6.07) is 9.85. The molecule has 2 rings (SSSR count). The molecule has 0 radical (unpaired) electrons. The van der Waals surface area contributed by atoms with E-state index in [1.807, 2.05) is 30.3 Å². The van der Waals surface area contributed by atoms with Crippen LogP contribution in [0.15, 0.2) is 35.4 Å². The standard InChI is InChI=1S/C7H8N4S/c12-11-8-6-10(9-11)7-4-2-1-3-5-7/h1-6,9,12H. The van der Waals surface area contributed by atoms with Crippen LogP contribution in [-0.2, 0) is 0 Å². The molecule has 0 saturated carbocycles. The van der Waals surface area contributed by atoms with Gasteiger partial charge in [-0.2, -0.15) is 4.52 Å². The lowest BCUT2D eigenvalue weighted by Gasteiger charge is -2.15. The number of hydrogen-bond acceptors (Lipinski definition) is 5. The van der Waals surface area contributed by atoms with E-state index >= 15 is 0 Å². The van der Waals surface area contributed by atoms with Gasteiger partial charge in [-0.05, 0) is 24.9 Å². The number of hydrogen-bond donors (Lipinski definition) is 2. The molecule has 1 N–H and O–H groups in total. The van der Waals surface area contributed by atoms with E-state index in [-0.39, 0.29) is 0 Å². The average molecular weight is 180 g/mol. The SMILES string of the molecule is SN1N=CN(c2ccccc2)N1. The fourth-order valence-corrected chi connectivity index (χ4v) is 1.10. The van der Waals surface area contributed by atoms with Crippen LogP contribution in [0.5, 0.6) is 0 Å². The molecule has 0 fully saturated rings. The van der Waals surface area contributed by atoms with Crippen LogP contribution in [0.3, 0.4) is 0 Å². The zero-order chi connectivity index (χ0) is 8.39. The van der Waals surface area contributed by atoms with Crippen molar-refractivity contribution in [1.29, 1.82) is 0 Å². The molecule has 0 atom stereocenters. The molecule has 0 unspecified atom stereocenters. The van der Waals surface area contributed by atoms with Crippen molar-refractivity contribution in [3.05, 3.63) is 30.3 Å².